The molecule has 0 saturated heterocycles. The Hall–Kier alpha value is -2.18. The second-order valence-corrected chi connectivity index (χ2v) is 4.31. The molecule has 2 heterocycles. The predicted molar refractivity (Wildman–Crippen MR) is 74.0 cm³/mol. The van der Waals surface area contributed by atoms with E-state index in [9.17, 15) is 10.2 Å². The Morgan fingerprint density at radius 1 is 1.48 bits per heavy atom. The summed E-state index contributed by atoms with van der Waals surface area (Å²) in [6.45, 7) is -1.03. The van der Waals surface area contributed by atoms with Gasteiger partial charge in [-0.15, -0.1) is 6.42 Å². The number of nitrogen functional groups attached to an aromatic ring is 1. The highest BCUT2D eigenvalue weighted by Gasteiger charge is 2.42. The van der Waals surface area contributed by atoms with Gasteiger partial charge in [-0.3, -0.25) is 0 Å². The molecule has 0 aliphatic carbocycles. The molecular formula is C13H16N4O4. The zero-order valence-electron chi connectivity index (χ0n) is 11.2. The standard InChI is InChI=1S/C13H16N4O4/c1-2-13(11(20)7-19,21-6-5-18)10-4-3-9-12(14)15-8-16-17(9)10/h1,3-4,8,11,18-20H,5-7H2,(H2,14,15,16)/t11-,13+/m1/s1. The summed E-state index contributed by atoms with van der Waals surface area (Å²) in [6.07, 6.45) is 5.37. The average molecular weight is 292 g/mol. The molecule has 8 nitrogen and oxygen atoms in total. The molecule has 5 N–H and O–H groups in total. The van der Waals surface area contributed by atoms with E-state index >= 15 is 0 Å². The van der Waals surface area contributed by atoms with E-state index in [1.807, 2.05) is 0 Å². The van der Waals surface area contributed by atoms with Crippen molar-refractivity contribution in [3.05, 3.63) is 24.2 Å². The van der Waals surface area contributed by atoms with Crippen LogP contribution in [-0.4, -0.2) is 55.8 Å². The summed E-state index contributed by atoms with van der Waals surface area (Å²) in [5, 5.41) is 32.4. The van der Waals surface area contributed by atoms with Crippen LogP contribution >= 0.6 is 0 Å². The molecule has 21 heavy (non-hydrogen) atoms. The first kappa shape index (κ1) is 15.2. The van der Waals surface area contributed by atoms with Gasteiger partial charge in [-0.05, 0) is 12.1 Å². The smallest absolute Gasteiger partial charge is 0.198 e. The molecule has 2 rings (SSSR count). The molecule has 0 bridgehead atoms. The molecule has 0 radical (unpaired) electrons. The molecule has 0 aromatic carbocycles. The van der Waals surface area contributed by atoms with Crippen LogP contribution in [0.15, 0.2) is 18.5 Å². The van der Waals surface area contributed by atoms with Crippen LogP contribution in [0, 0.1) is 12.3 Å². The molecule has 0 aliphatic heterocycles. The van der Waals surface area contributed by atoms with Crippen LogP contribution in [0.1, 0.15) is 5.69 Å². The molecule has 8 heteroatoms. The molecule has 0 saturated carbocycles. The number of nitrogens with two attached hydrogens (primary N) is 1. The van der Waals surface area contributed by atoms with E-state index in [-0.39, 0.29) is 19.0 Å². The van der Waals surface area contributed by atoms with Crippen LogP contribution in [0.3, 0.4) is 0 Å². The SMILES string of the molecule is C#C[C@](OCCO)(c1ccc2c(N)ncnn12)[C@H](O)CO. The normalized spacial score (nSPS) is 15.5. The molecular weight excluding hydrogens is 276 g/mol. The number of rotatable bonds is 6. The van der Waals surface area contributed by atoms with E-state index in [4.69, 9.17) is 22.0 Å². The number of ether oxygens (including phenoxy) is 1. The van der Waals surface area contributed by atoms with Crippen LogP contribution < -0.4 is 5.73 Å². The zero-order chi connectivity index (χ0) is 15.5. The van der Waals surface area contributed by atoms with Crippen LogP contribution in [0.25, 0.3) is 5.52 Å². The average Bonchev–Trinajstić information content (AvgIpc) is 2.94. The van der Waals surface area contributed by atoms with Gasteiger partial charge in [-0.25, -0.2) is 9.50 Å². The van der Waals surface area contributed by atoms with Gasteiger partial charge in [0, 0.05) is 0 Å². The van der Waals surface area contributed by atoms with Gasteiger partial charge in [0.1, 0.15) is 17.9 Å². The molecule has 0 fully saturated rings. The van der Waals surface area contributed by atoms with Crippen LogP contribution in [-0.2, 0) is 10.3 Å². The van der Waals surface area contributed by atoms with Crippen LogP contribution in [0.4, 0.5) is 5.82 Å². The van der Waals surface area contributed by atoms with Crippen molar-refractivity contribution in [2.45, 2.75) is 11.7 Å². The van der Waals surface area contributed by atoms with Crippen LogP contribution in [0.2, 0.25) is 0 Å². The maximum Gasteiger partial charge on any atom is 0.198 e. The second kappa shape index (κ2) is 6.07. The molecule has 2 aromatic heterocycles. The number of hydrogen-bond acceptors (Lipinski definition) is 7. The highest BCUT2D eigenvalue weighted by molar-refractivity contribution is 5.66. The Morgan fingerprint density at radius 3 is 2.86 bits per heavy atom. The fraction of sp³-hybridized carbons (Fsp3) is 0.385. The Kier molecular flexibility index (Phi) is 4.40. The summed E-state index contributed by atoms with van der Waals surface area (Å²) in [5.41, 5.74) is 4.88. The maximum absolute atomic E-state index is 10.1. The van der Waals surface area contributed by atoms with E-state index in [1.54, 1.807) is 12.1 Å². The molecule has 2 aromatic rings. The topological polar surface area (TPSA) is 126 Å². The number of hydrogen-bond donors (Lipinski definition) is 4. The number of aliphatic hydroxyl groups excluding tert-OH is 3. The van der Waals surface area contributed by atoms with Gasteiger partial charge < -0.3 is 25.8 Å². The monoisotopic (exact) mass is 292 g/mol. The summed E-state index contributed by atoms with van der Waals surface area (Å²) >= 11 is 0. The lowest BCUT2D eigenvalue weighted by Crippen LogP contribution is -2.45. The Labute approximate surface area is 120 Å². The predicted octanol–water partition coefficient (Wildman–Crippen LogP) is -1.50. The van der Waals surface area contributed by atoms with E-state index in [1.165, 1.54) is 10.8 Å². The molecule has 0 aliphatic rings. The van der Waals surface area contributed by atoms with E-state index in [0.29, 0.717) is 11.2 Å². The first-order valence-electron chi connectivity index (χ1n) is 6.21. The lowest BCUT2D eigenvalue weighted by Gasteiger charge is -2.32. The van der Waals surface area contributed by atoms with E-state index in [0.717, 1.165) is 0 Å². The minimum Gasteiger partial charge on any atom is -0.394 e. The molecule has 0 spiro atoms. The summed E-state index contributed by atoms with van der Waals surface area (Å²) < 4.78 is 6.84. The zero-order valence-corrected chi connectivity index (χ0v) is 11.2. The Bertz CT molecular complexity index is 666. The number of terminal acetylenes is 1. The van der Waals surface area contributed by atoms with Gasteiger partial charge in [-0.1, -0.05) is 5.92 Å². The highest BCUT2D eigenvalue weighted by Crippen LogP contribution is 2.31. The molecule has 0 unspecified atom stereocenters. The van der Waals surface area contributed by atoms with E-state index in [2.05, 4.69) is 16.0 Å². The van der Waals surface area contributed by atoms with Gasteiger partial charge in [0.05, 0.1) is 25.5 Å². The van der Waals surface area contributed by atoms with Crippen molar-refractivity contribution >= 4 is 11.3 Å². The first-order valence-corrected chi connectivity index (χ1v) is 6.21. The molecule has 0 amide bonds. The van der Waals surface area contributed by atoms with Crippen LogP contribution in [0.5, 0.6) is 0 Å². The number of aromatic nitrogens is 3. The quantitative estimate of drug-likeness (QED) is 0.477. The summed E-state index contributed by atoms with van der Waals surface area (Å²) in [5.74, 6) is 2.59. The number of aliphatic hydroxyl groups is 3. The third-order valence-electron chi connectivity index (χ3n) is 3.14. The second-order valence-electron chi connectivity index (χ2n) is 4.31. The Morgan fingerprint density at radius 2 is 2.24 bits per heavy atom. The summed E-state index contributed by atoms with van der Waals surface area (Å²) in [6, 6.07) is 3.21. The number of nitrogens with zero attached hydrogens (tertiary/aromatic N) is 3. The Balaban J connectivity index is 2.63. The highest BCUT2D eigenvalue weighted by atomic mass is 16.5. The van der Waals surface area contributed by atoms with Crippen molar-refractivity contribution in [2.75, 3.05) is 25.6 Å². The minimum absolute atomic E-state index is 0.116. The van der Waals surface area contributed by atoms with Crippen molar-refractivity contribution in [3.63, 3.8) is 0 Å². The van der Waals surface area contributed by atoms with Crippen molar-refractivity contribution in [3.8, 4) is 12.3 Å². The van der Waals surface area contributed by atoms with Gasteiger partial charge in [0.15, 0.2) is 11.4 Å². The third-order valence-corrected chi connectivity index (χ3v) is 3.14. The van der Waals surface area contributed by atoms with Crippen molar-refractivity contribution < 1.29 is 20.1 Å². The minimum atomic E-state index is -1.66. The first-order chi connectivity index (χ1) is 10.1. The number of fused-ring (bicyclic) bond motifs is 1. The summed E-state index contributed by atoms with van der Waals surface area (Å²) in [4.78, 5) is 3.86. The summed E-state index contributed by atoms with van der Waals surface area (Å²) in [7, 11) is 0. The molecule has 112 valence electrons. The van der Waals surface area contributed by atoms with Gasteiger partial charge in [0.2, 0.25) is 0 Å². The van der Waals surface area contributed by atoms with Crippen molar-refractivity contribution in [2.24, 2.45) is 0 Å². The largest absolute Gasteiger partial charge is 0.394 e. The van der Waals surface area contributed by atoms with Crippen molar-refractivity contribution in [1.29, 1.82) is 0 Å². The molecule has 2 atom stereocenters. The van der Waals surface area contributed by atoms with E-state index < -0.39 is 18.3 Å². The lowest BCUT2D eigenvalue weighted by molar-refractivity contribution is -0.116. The third kappa shape index (κ3) is 2.43. The number of anilines is 1. The fourth-order valence-electron chi connectivity index (χ4n) is 2.12. The fourth-order valence-corrected chi connectivity index (χ4v) is 2.12. The van der Waals surface area contributed by atoms with Gasteiger partial charge in [0.25, 0.3) is 0 Å². The lowest BCUT2D eigenvalue weighted by atomic mass is 9.93. The van der Waals surface area contributed by atoms with Gasteiger partial charge >= 0.3 is 0 Å². The van der Waals surface area contributed by atoms with Crippen molar-refractivity contribution in [1.82, 2.24) is 14.6 Å². The van der Waals surface area contributed by atoms with Gasteiger partial charge in [-0.2, -0.15) is 5.10 Å². The maximum atomic E-state index is 10.1.